The van der Waals surface area contributed by atoms with Gasteiger partial charge in [-0.15, -0.1) is 0 Å². The summed E-state index contributed by atoms with van der Waals surface area (Å²) < 4.78 is 46.3. The Balaban J connectivity index is 0.840. The van der Waals surface area contributed by atoms with E-state index in [9.17, 15) is 28.8 Å². The molecule has 2 saturated carbocycles. The standard InChI is InChI=1S/C66H71N3O14S/c1-3-60(70)78-42-16-7-5-14-40-76-52-30-34-54(35-31-52)80-62(72)46-22-24-48(25-23-46)64(74)82-56-38-39-58(50(44-56)45-67-69(51-18-10-9-11-19-51)66-68-57-20-12-13-21-59(57)84-66)83-65(75)49-28-26-47(27-29-49)63(73)81-55-36-32-53(33-37-55)77-41-15-6-8-17-43-79-61(71)4-2/h3-4,9-13,18-21,30-39,44-49H,1-2,5-8,14-17,22-29,40-43H2/b67-45+. The average Bonchev–Trinajstić information content (AvgIpc) is 4.03. The van der Waals surface area contributed by atoms with Crippen molar-refractivity contribution in [1.82, 2.24) is 4.98 Å². The van der Waals surface area contributed by atoms with Crippen LogP contribution in [0.1, 0.15) is 108 Å². The van der Waals surface area contributed by atoms with E-state index in [0.29, 0.717) is 111 Å². The maximum atomic E-state index is 14.0. The zero-order valence-corrected chi connectivity index (χ0v) is 47.9. The van der Waals surface area contributed by atoms with Gasteiger partial charge in [0.1, 0.15) is 34.5 Å². The fourth-order valence-electron chi connectivity index (χ4n) is 9.74. The first-order valence-corrected chi connectivity index (χ1v) is 29.6. The van der Waals surface area contributed by atoms with Gasteiger partial charge in [0.25, 0.3) is 0 Å². The second-order valence-electron chi connectivity index (χ2n) is 20.5. The number of ether oxygens (including phenoxy) is 8. The third kappa shape index (κ3) is 19.0. The van der Waals surface area contributed by atoms with Crippen molar-refractivity contribution < 1.29 is 66.7 Å². The molecule has 0 N–H and O–H groups in total. The number of carbonyl (C=O) groups is 6. The Kier molecular flexibility index (Phi) is 23.6. The van der Waals surface area contributed by atoms with Crippen LogP contribution in [-0.2, 0) is 38.2 Å². The van der Waals surface area contributed by atoms with E-state index in [0.717, 1.165) is 79.4 Å². The smallest absolute Gasteiger partial charge is 0.330 e. The summed E-state index contributed by atoms with van der Waals surface area (Å²) in [5.41, 5.74) is 1.92. The highest BCUT2D eigenvalue weighted by molar-refractivity contribution is 7.22. The number of hydrogen-bond acceptors (Lipinski definition) is 18. The zero-order chi connectivity index (χ0) is 58.9. The Hall–Kier alpha value is -8.64. The minimum atomic E-state index is -0.486. The molecule has 0 radical (unpaired) electrons. The van der Waals surface area contributed by atoms with E-state index in [2.05, 4.69) is 13.2 Å². The van der Waals surface area contributed by atoms with Crippen molar-refractivity contribution in [1.29, 1.82) is 0 Å². The lowest BCUT2D eigenvalue weighted by Crippen LogP contribution is -2.30. The van der Waals surface area contributed by atoms with Crippen molar-refractivity contribution in [3.05, 3.63) is 152 Å². The molecular weight excluding hydrogens is 1090 g/mol. The van der Waals surface area contributed by atoms with Gasteiger partial charge < -0.3 is 37.9 Å². The molecule has 0 amide bonds. The van der Waals surface area contributed by atoms with Gasteiger partial charge in [0.15, 0.2) is 0 Å². The molecule has 0 saturated heterocycles. The largest absolute Gasteiger partial charge is 0.494 e. The van der Waals surface area contributed by atoms with Crippen LogP contribution in [0.3, 0.4) is 0 Å². The molecule has 18 heteroatoms. The fraction of sp³-hybridized carbons (Fsp3) is 0.364. The molecule has 6 aromatic rings. The summed E-state index contributed by atoms with van der Waals surface area (Å²) in [4.78, 5) is 81.5. The van der Waals surface area contributed by atoms with E-state index in [-0.39, 0.29) is 29.4 Å². The van der Waals surface area contributed by atoms with Crippen LogP contribution in [0.2, 0.25) is 0 Å². The van der Waals surface area contributed by atoms with Gasteiger partial charge in [0.2, 0.25) is 5.13 Å². The molecule has 0 bridgehead atoms. The molecule has 2 fully saturated rings. The van der Waals surface area contributed by atoms with E-state index in [1.54, 1.807) is 78.0 Å². The maximum absolute atomic E-state index is 14.0. The number of benzene rings is 5. The van der Waals surface area contributed by atoms with Crippen LogP contribution >= 0.6 is 11.3 Å². The highest BCUT2D eigenvalue weighted by Gasteiger charge is 2.34. The van der Waals surface area contributed by atoms with Gasteiger partial charge in [0.05, 0.1) is 72.2 Å². The maximum Gasteiger partial charge on any atom is 0.330 e. The van der Waals surface area contributed by atoms with Crippen molar-refractivity contribution >= 4 is 74.4 Å². The molecule has 0 aliphatic heterocycles. The Morgan fingerprint density at radius 3 is 1.38 bits per heavy atom. The van der Waals surface area contributed by atoms with Gasteiger partial charge in [0, 0.05) is 17.7 Å². The topological polar surface area (TPSA) is 205 Å². The van der Waals surface area contributed by atoms with E-state index in [1.165, 1.54) is 11.3 Å². The molecule has 440 valence electrons. The Labute approximate surface area is 493 Å². The molecule has 84 heavy (non-hydrogen) atoms. The summed E-state index contributed by atoms with van der Waals surface area (Å²) in [6.45, 7) is 8.57. The lowest BCUT2D eigenvalue weighted by molar-refractivity contribution is -0.145. The van der Waals surface area contributed by atoms with E-state index in [4.69, 9.17) is 48.0 Å². The Morgan fingerprint density at radius 1 is 0.488 bits per heavy atom. The van der Waals surface area contributed by atoms with Crippen LogP contribution in [0.4, 0.5) is 10.8 Å². The first kappa shape index (κ1) is 61.4. The van der Waals surface area contributed by atoms with Crippen molar-refractivity contribution in [2.45, 2.75) is 103 Å². The number of unbranched alkanes of at least 4 members (excludes halogenated alkanes) is 6. The van der Waals surface area contributed by atoms with Crippen molar-refractivity contribution in [2.75, 3.05) is 31.4 Å². The van der Waals surface area contributed by atoms with Crippen LogP contribution in [0, 0.1) is 23.7 Å². The summed E-state index contributed by atoms with van der Waals surface area (Å²) in [6.07, 6.45) is 14.2. The summed E-state index contributed by atoms with van der Waals surface area (Å²) in [5, 5.41) is 7.21. The number of hydrazone groups is 1. The minimum Gasteiger partial charge on any atom is -0.494 e. The normalized spacial score (nSPS) is 16.6. The van der Waals surface area contributed by atoms with Crippen LogP contribution in [0.25, 0.3) is 10.2 Å². The number of fused-ring (bicyclic) bond motifs is 1. The molecule has 5 aromatic carbocycles. The summed E-state index contributed by atoms with van der Waals surface area (Å²) in [7, 11) is 0. The van der Waals surface area contributed by atoms with Crippen LogP contribution in [0.15, 0.2) is 152 Å². The lowest BCUT2D eigenvalue weighted by Gasteiger charge is -2.26. The predicted octanol–water partition coefficient (Wildman–Crippen LogP) is 13.4. The van der Waals surface area contributed by atoms with E-state index in [1.807, 2.05) is 54.6 Å². The molecule has 2 aliphatic carbocycles. The molecule has 0 spiro atoms. The van der Waals surface area contributed by atoms with Crippen molar-refractivity contribution in [3.63, 3.8) is 0 Å². The van der Waals surface area contributed by atoms with Gasteiger partial charge in [-0.2, -0.15) is 5.10 Å². The SMILES string of the molecule is C=CC(=O)OCCCCCCOc1ccc(OC(=O)C2CCC(C(=O)Oc3ccc(OC(=O)C4CCC(C(=O)Oc5ccc(OCCCCCCOC(=O)C=C)cc5)CC4)c(/C=N/N(c4ccccc4)c4nc5ccccc5s4)c3)CC2)cc1. The molecular formula is C66H71N3O14S. The number of aromatic nitrogens is 1. The van der Waals surface area contributed by atoms with E-state index >= 15 is 0 Å². The monoisotopic (exact) mass is 1160 g/mol. The number of para-hydroxylation sites is 2. The van der Waals surface area contributed by atoms with Gasteiger partial charge >= 0.3 is 35.8 Å². The zero-order valence-electron chi connectivity index (χ0n) is 47.1. The quantitative estimate of drug-likeness (QED) is 0.0103. The summed E-state index contributed by atoms with van der Waals surface area (Å²) >= 11 is 1.47. The van der Waals surface area contributed by atoms with E-state index < -0.39 is 41.6 Å². The molecule has 1 heterocycles. The van der Waals surface area contributed by atoms with Gasteiger partial charge in [-0.1, -0.05) is 54.8 Å². The third-order valence-corrected chi connectivity index (χ3v) is 15.5. The van der Waals surface area contributed by atoms with Crippen LogP contribution in [-0.4, -0.2) is 73.4 Å². The lowest BCUT2D eigenvalue weighted by atomic mass is 9.82. The predicted molar refractivity (Wildman–Crippen MR) is 319 cm³/mol. The number of esters is 6. The van der Waals surface area contributed by atoms with Crippen molar-refractivity contribution in [2.24, 2.45) is 28.8 Å². The summed E-state index contributed by atoms with van der Waals surface area (Å²) in [6, 6.07) is 35.9. The first-order valence-electron chi connectivity index (χ1n) is 28.8. The van der Waals surface area contributed by atoms with Crippen LogP contribution < -0.4 is 33.4 Å². The van der Waals surface area contributed by atoms with Gasteiger partial charge in [-0.05, 0) is 194 Å². The third-order valence-electron chi connectivity index (χ3n) is 14.5. The average molecular weight is 1160 g/mol. The first-order chi connectivity index (χ1) is 41.0. The number of nitrogens with zero attached hydrogens (tertiary/aromatic N) is 3. The highest BCUT2D eigenvalue weighted by atomic mass is 32.1. The molecule has 2 aliphatic rings. The molecule has 0 unspecified atom stereocenters. The Morgan fingerprint density at radius 2 is 0.905 bits per heavy atom. The minimum absolute atomic E-state index is 0.203. The number of rotatable bonds is 30. The Bertz CT molecular complexity index is 3150. The number of carbonyl (C=O) groups excluding carboxylic acids is 6. The fourth-order valence-corrected chi connectivity index (χ4v) is 10.7. The highest BCUT2D eigenvalue weighted by Crippen LogP contribution is 2.37. The molecule has 17 nitrogen and oxygen atoms in total. The molecule has 8 rings (SSSR count). The van der Waals surface area contributed by atoms with Gasteiger partial charge in [-0.3, -0.25) is 19.2 Å². The number of hydrogen-bond donors (Lipinski definition) is 0. The van der Waals surface area contributed by atoms with Crippen LogP contribution in [0.5, 0.6) is 34.5 Å². The van der Waals surface area contributed by atoms with Gasteiger partial charge in [-0.25, -0.2) is 19.6 Å². The second-order valence-corrected chi connectivity index (χ2v) is 21.6. The number of anilines is 2. The van der Waals surface area contributed by atoms with Crippen molar-refractivity contribution in [3.8, 4) is 34.5 Å². The molecule has 1 aromatic heterocycles. The molecule has 0 atom stereocenters. The number of thiazole rings is 1. The summed E-state index contributed by atoms with van der Waals surface area (Å²) in [5.74, 6) is -1.63. The second kappa shape index (κ2) is 32.3.